The molecular formula is C27H52N2O4. The Hall–Kier alpha value is -1.59. The van der Waals surface area contributed by atoms with Crippen molar-refractivity contribution in [3.05, 3.63) is 0 Å². The van der Waals surface area contributed by atoms with Crippen LogP contribution in [0.15, 0.2) is 0 Å². The van der Waals surface area contributed by atoms with Crippen LogP contribution in [0.25, 0.3) is 0 Å². The zero-order valence-electron chi connectivity index (χ0n) is 22.2. The van der Waals surface area contributed by atoms with E-state index in [1.807, 2.05) is 0 Å². The zero-order chi connectivity index (χ0) is 25.1. The number of carboxylic acid groups (broad SMARTS) is 1. The summed E-state index contributed by atoms with van der Waals surface area (Å²) in [6.07, 6.45) is 13.8. The molecule has 0 bridgehead atoms. The smallest absolute Gasteiger partial charge is 0.303 e. The van der Waals surface area contributed by atoms with Gasteiger partial charge < -0.3 is 15.3 Å². The van der Waals surface area contributed by atoms with E-state index < -0.39 is 12.0 Å². The molecule has 33 heavy (non-hydrogen) atoms. The molecule has 0 aliphatic carbocycles. The Bertz CT molecular complexity index is 524. The second-order valence-corrected chi connectivity index (χ2v) is 10.4. The Morgan fingerprint density at radius 2 is 1.18 bits per heavy atom. The van der Waals surface area contributed by atoms with Crippen molar-refractivity contribution in [1.82, 2.24) is 10.2 Å². The van der Waals surface area contributed by atoms with Gasteiger partial charge in [-0.15, -0.1) is 0 Å². The minimum atomic E-state index is -0.952. The molecule has 0 aliphatic rings. The fourth-order valence-corrected chi connectivity index (χ4v) is 4.10. The molecular weight excluding hydrogens is 416 g/mol. The summed E-state index contributed by atoms with van der Waals surface area (Å²) in [4.78, 5) is 38.5. The van der Waals surface area contributed by atoms with E-state index in [9.17, 15) is 14.4 Å². The van der Waals surface area contributed by atoms with E-state index in [2.05, 4.69) is 39.9 Å². The predicted molar refractivity (Wildman–Crippen MR) is 136 cm³/mol. The number of hydrogen-bond acceptors (Lipinski definition) is 3. The third kappa shape index (κ3) is 18.5. The molecule has 0 radical (unpaired) electrons. The van der Waals surface area contributed by atoms with E-state index in [1.165, 1.54) is 51.4 Å². The minimum absolute atomic E-state index is 0.130. The first-order valence-electron chi connectivity index (χ1n) is 13.5. The SMILES string of the molecule is CCCCCCCCCCCCCC(=O)N[C@@H](CCC(=O)O)C(=O)N(CC(C)C)CC(C)C. The van der Waals surface area contributed by atoms with Gasteiger partial charge in [0.05, 0.1) is 0 Å². The van der Waals surface area contributed by atoms with Crippen molar-refractivity contribution >= 4 is 17.8 Å². The standard InChI is InChI=1S/C27H52N2O4/c1-6-7-8-9-10-11-12-13-14-15-16-17-25(30)28-24(18-19-26(31)32)27(33)29(20-22(2)3)21-23(4)5/h22-24H,6-21H2,1-5H3,(H,28,30)(H,31,32)/t24-/m0/s1. The normalized spacial score (nSPS) is 12.2. The van der Waals surface area contributed by atoms with E-state index in [-0.39, 0.29) is 24.7 Å². The van der Waals surface area contributed by atoms with Crippen molar-refractivity contribution in [2.75, 3.05) is 13.1 Å². The van der Waals surface area contributed by atoms with E-state index in [0.717, 1.165) is 19.3 Å². The monoisotopic (exact) mass is 468 g/mol. The molecule has 0 saturated heterocycles. The van der Waals surface area contributed by atoms with Crippen LogP contribution in [-0.2, 0) is 14.4 Å². The topological polar surface area (TPSA) is 86.7 Å². The number of unbranched alkanes of at least 4 members (excludes halogenated alkanes) is 10. The maximum atomic E-state index is 13.1. The first-order valence-corrected chi connectivity index (χ1v) is 13.5. The van der Waals surface area contributed by atoms with Crippen molar-refractivity contribution in [2.45, 2.75) is 131 Å². The lowest BCUT2D eigenvalue weighted by molar-refractivity contribution is -0.140. The molecule has 0 aromatic rings. The third-order valence-corrected chi connectivity index (χ3v) is 5.77. The fourth-order valence-electron chi connectivity index (χ4n) is 4.10. The summed E-state index contributed by atoms with van der Waals surface area (Å²) in [7, 11) is 0. The lowest BCUT2D eigenvalue weighted by atomic mass is 10.0. The number of aliphatic carboxylic acids is 1. The first-order chi connectivity index (χ1) is 15.7. The molecule has 0 heterocycles. The summed E-state index contributed by atoms with van der Waals surface area (Å²) in [5.41, 5.74) is 0. The predicted octanol–water partition coefficient (Wildman–Crippen LogP) is 6.18. The molecule has 6 nitrogen and oxygen atoms in total. The summed E-state index contributed by atoms with van der Waals surface area (Å²) < 4.78 is 0. The molecule has 6 heteroatoms. The number of nitrogens with one attached hydrogen (secondary N) is 1. The van der Waals surface area contributed by atoms with Crippen LogP contribution in [-0.4, -0.2) is 46.9 Å². The van der Waals surface area contributed by atoms with Crippen LogP contribution in [0.5, 0.6) is 0 Å². The van der Waals surface area contributed by atoms with Crippen LogP contribution < -0.4 is 5.32 Å². The number of carboxylic acids is 1. The average Bonchev–Trinajstić information content (AvgIpc) is 2.73. The number of carbonyl (C=O) groups excluding carboxylic acids is 2. The van der Waals surface area contributed by atoms with Gasteiger partial charge in [0.2, 0.25) is 11.8 Å². The van der Waals surface area contributed by atoms with E-state index >= 15 is 0 Å². The van der Waals surface area contributed by atoms with Crippen LogP contribution in [0.1, 0.15) is 125 Å². The minimum Gasteiger partial charge on any atom is -0.481 e. The van der Waals surface area contributed by atoms with Crippen molar-refractivity contribution in [1.29, 1.82) is 0 Å². The van der Waals surface area contributed by atoms with Crippen LogP contribution in [0.2, 0.25) is 0 Å². The lowest BCUT2D eigenvalue weighted by Gasteiger charge is -2.30. The lowest BCUT2D eigenvalue weighted by Crippen LogP contribution is -2.50. The summed E-state index contributed by atoms with van der Waals surface area (Å²) in [5.74, 6) is -0.652. The van der Waals surface area contributed by atoms with Gasteiger partial charge in [0.15, 0.2) is 0 Å². The highest BCUT2D eigenvalue weighted by molar-refractivity contribution is 5.88. The van der Waals surface area contributed by atoms with Crippen molar-refractivity contribution in [3.63, 3.8) is 0 Å². The van der Waals surface area contributed by atoms with Crippen molar-refractivity contribution < 1.29 is 19.5 Å². The number of amides is 2. The van der Waals surface area contributed by atoms with Crippen molar-refractivity contribution in [3.8, 4) is 0 Å². The maximum absolute atomic E-state index is 13.1. The maximum Gasteiger partial charge on any atom is 0.303 e. The number of hydrogen-bond donors (Lipinski definition) is 2. The molecule has 2 amide bonds. The highest BCUT2D eigenvalue weighted by Crippen LogP contribution is 2.13. The molecule has 0 unspecified atom stereocenters. The molecule has 194 valence electrons. The average molecular weight is 469 g/mol. The van der Waals surface area contributed by atoms with Gasteiger partial charge in [-0.1, -0.05) is 98.8 Å². The zero-order valence-corrected chi connectivity index (χ0v) is 22.2. The van der Waals surface area contributed by atoms with Gasteiger partial charge in [0.1, 0.15) is 6.04 Å². The summed E-state index contributed by atoms with van der Waals surface area (Å²) in [6.45, 7) is 11.7. The number of nitrogens with zero attached hydrogens (tertiary/aromatic N) is 1. The summed E-state index contributed by atoms with van der Waals surface area (Å²) in [6, 6.07) is -0.765. The molecule has 0 saturated carbocycles. The Kier molecular flexibility index (Phi) is 18.9. The van der Waals surface area contributed by atoms with Gasteiger partial charge in [0.25, 0.3) is 0 Å². The molecule has 0 aliphatic heterocycles. The summed E-state index contributed by atoms with van der Waals surface area (Å²) in [5, 5.41) is 11.9. The highest BCUT2D eigenvalue weighted by Gasteiger charge is 2.27. The molecule has 0 aromatic heterocycles. The van der Waals surface area contributed by atoms with Crippen LogP contribution in [0, 0.1) is 11.8 Å². The van der Waals surface area contributed by atoms with Crippen LogP contribution in [0.4, 0.5) is 0 Å². The van der Waals surface area contributed by atoms with Gasteiger partial charge in [-0.2, -0.15) is 0 Å². The van der Waals surface area contributed by atoms with Gasteiger partial charge in [0, 0.05) is 25.9 Å². The van der Waals surface area contributed by atoms with Gasteiger partial charge in [-0.05, 0) is 24.7 Å². The third-order valence-electron chi connectivity index (χ3n) is 5.77. The number of carbonyl (C=O) groups is 3. The largest absolute Gasteiger partial charge is 0.481 e. The first kappa shape index (κ1) is 31.4. The number of rotatable bonds is 21. The Morgan fingerprint density at radius 1 is 0.727 bits per heavy atom. The highest BCUT2D eigenvalue weighted by atomic mass is 16.4. The van der Waals surface area contributed by atoms with Gasteiger partial charge >= 0.3 is 5.97 Å². The Morgan fingerprint density at radius 3 is 1.61 bits per heavy atom. The fraction of sp³-hybridized carbons (Fsp3) is 0.889. The van der Waals surface area contributed by atoms with E-state index in [1.54, 1.807) is 4.90 Å². The van der Waals surface area contributed by atoms with Gasteiger partial charge in [-0.3, -0.25) is 14.4 Å². The Balaban J connectivity index is 4.42. The van der Waals surface area contributed by atoms with Crippen LogP contribution in [0.3, 0.4) is 0 Å². The van der Waals surface area contributed by atoms with E-state index in [4.69, 9.17) is 5.11 Å². The molecule has 0 aromatic carbocycles. The quantitative estimate of drug-likeness (QED) is 0.197. The molecule has 0 spiro atoms. The molecule has 0 rings (SSSR count). The second kappa shape index (κ2) is 19.8. The van der Waals surface area contributed by atoms with Gasteiger partial charge in [-0.25, -0.2) is 0 Å². The molecule has 1 atom stereocenters. The summed E-state index contributed by atoms with van der Waals surface area (Å²) >= 11 is 0. The van der Waals surface area contributed by atoms with E-state index in [0.29, 0.717) is 31.3 Å². The molecule has 2 N–H and O–H groups in total. The second-order valence-electron chi connectivity index (χ2n) is 10.4. The molecule has 0 fully saturated rings. The van der Waals surface area contributed by atoms with Crippen LogP contribution >= 0.6 is 0 Å². The van der Waals surface area contributed by atoms with Crippen molar-refractivity contribution in [2.24, 2.45) is 11.8 Å². The Labute approximate surface area is 203 Å².